The average molecular weight is 368 g/mol. The summed E-state index contributed by atoms with van der Waals surface area (Å²) < 4.78 is 0. The molecule has 0 aliphatic carbocycles. The molecule has 0 saturated carbocycles. The van der Waals surface area contributed by atoms with E-state index >= 15 is 0 Å². The maximum Gasteiger partial charge on any atom is 0.319 e. The second kappa shape index (κ2) is 9.39. The van der Waals surface area contributed by atoms with Crippen molar-refractivity contribution in [3.63, 3.8) is 0 Å². The summed E-state index contributed by atoms with van der Waals surface area (Å²) in [6, 6.07) is 16.6. The highest BCUT2D eigenvalue weighted by molar-refractivity contribution is 5.93. The van der Waals surface area contributed by atoms with Gasteiger partial charge in [0.25, 0.3) is 0 Å². The zero-order chi connectivity index (χ0) is 19.1. The van der Waals surface area contributed by atoms with Gasteiger partial charge >= 0.3 is 6.03 Å². The summed E-state index contributed by atoms with van der Waals surface area (Å²) >= 11 is 0. The molecule has 1 heterocycles. The summed E-state index contributed by atoms with van der Waals surface area (Å²) in [5.74, 6) is 0. The van der Waals surface area contributed by atoms with Gasteiger partial charge in [-0.15, -0.1) is 0 Å². The molecule has 0 radical (unpaired) electrons. The van der Waals surface area contributed by atoms with Gasteiger partial charge in [0, 0.05) is 26.2 Å². The molecule has 3 N–H and O–H groups in total. The molecule has 6 heteroatoms. The molecule has 1 unspecified atom stereocenters. The summed E-state index contributed by atoms with van der Waals surface area (Å²) in [4.78, 5) is 17.3. The van der Waals surface area contributed by atoms with E-state index in [-0.39, 0.29) is 12.6 Å². The van der Waals surface area contributed by atoms with Crippen molar-refractivity contribution in [2.45, 2.75) is 13.0 Å². The minimum atomic E-state index is -0.438. The monoisotopic (exact) mass is 368 g/mol. The lowest BCUT2D eigenvalue weighted by Gasteiger charge is -2.36. The Hall–Kier alpha value is -2.57. The Labute approximate surface area is 160 Å². The van der Waals surface area contributed by atoms with Crippen molar-refractivity contribution in [2.24, 2.45) is 0 Å². The van der Waals surface area contributed by atoms with Crippen LogP contribution in [0, 0.1) is 0 Å². The zero-order valence-corrected chi connectivity index (χ0v) is 15.8. The van der Waals surface area contributed by atoms with Gasteiger partial charge in [0.15, 0.2) is 0 Å². The van der Waals surface area contributed by atoms with Gasteiger partial charge in [0.2, 0.25) is 0 Å². The number of likely N-dealkylation sites (N-methyl/N-ethyl adjacent to an activating group) is 1. The van der Waals surface area contributed by atoms with Crippen LogP contribution >= 0.6 is 0 Å². The smallest absolute Gasteiger partial charge is 0.319 e. The first kappa shape index (κ1) is 19.2. The molecule has 2 aromatic rings. The fourth-order valence-electron chi connectivity index (χ4n) is 3.40. The van der Waals surface area contributed by atoms with Gasteiger partial charge in [-0.25, -0.2) is 4.79 Å². The van der Waals surface area contributed by atoms with E-state index in [2.05, 4.69) is 27.4 Å². The third-order valence-corrected chi connectivity index (χ3v) is 5.00. The van der Waals surface area contributed by atoms with Gasteiger partial charge in [-0.3, -0.25) is 0 Å². The normalized spacial score (nSPS) is 16.0. The second-order valence-corrected chi connectivity index (χ2v) is 6.68. The molecular formula is C21H28N4O2. The van der Waals surface area contributed by atoms with Gasteiger partial charge in [0.1, 0.15) is 0 Å². The SMILES string of the molecule is CCN1CCN(c2ccccc2NC(=O)NC(CO)c2ccccc2)CC1. The van der Waals surface area contributed by atoms with E-state index in [9.17, 15) is 9.90 Å². The molecule has 1 aliphatic heterocycles. The van der Waals surface area contributed by atoms with E-state index in [0.29, 0.717) is 0 Å². The quantitative estimate of drug-likeness (QED) is 0.733. The van der Waals surface area contributed by atoms with Crippen LogP contribution in [-0.4, -0.2) is 55.4 Å². The maximum absolute atomic E-state index is 12.5. The third kappa shape index (κ3) is 4.99. The van der Waals surface area contributed by atoms with Crippen LogP contribution in [0.25, 0.3) is 0 Å². The van der Waals surface area contributed by atoms with Gasteiger partial charge < -0.3 is 25.5 Å². The highest BCUT2D eigenvalue weighted by atomic mass is 16.3. The molecule has 1 aliphatic rings. The summed E-state index contributed by atoms with van der Waals surface area (Å²) in [7, 11) is 0. The van der Waals surface area contributed by atoms with E-state index in [4.69, 9.17) is 0 Å². The Morgan fingerprint density at radius 1 is 1.04 bits per heavy atom. The molecule has 2 amide bonds. The van der Waals surface area contributed by atoms with Gasteiger partial charge in [-0.05, 0) is 24.2 Å². The minimum absolute atomic E-state index is 0.155. The number of nitrogens with zero attached hydrogens (tertiary/aromatic N) is 2. The summed E-state index contributed by atoms with van der Waals surface area (Å²) in [6.07, 6.45) is 0. The number of carbonyl (C=O) groups excluding carboxylic acids is 1. The lowest BCUT2D eigenvalue weighted by atomic mass is 10.1. The Morgan fingerprint density at radius 2 is 1.70 bits per heavy atom. The lowest BCUT2D eigenvalue weighted by molar-refractivity contribution is 0.225. The Kier molecular flexibility index (Phi) is 6.68. The van der Waals surface area contributed by atoms with Gasteiger partial charge in [0.05, 0.1) is 24.0 Å². The number of para-hydroxylation sites is 2. The van der Waals surface area contributed by atoms with Crippen LogP contribution in [0.5, 0.6) is 0 Å². The molecule has 0 spiro atoms. The third-order valence-electron chi connectivity index (χ3n) is 5.00. The fraction of sp³-hybridized carbons (Fsp3) is 0.381. The molecule has 1 fully saturated rings. The number of benzene rings is 2. The fourth-order valence-corrected chi connectivity index (χ4v) is 3.40. The highest BCUT2D eigenvalue weighted by Crippen LogP contribution is 2.26. The second-order valence-electron chi connectivity index (χ2n) is 6.68. The summed E-state index contributed by atoms with van der Waals surface area (Å²) in [5, 5.41) is 15.4. The first-order valence-corrected chi connectivity index (χ1v) is 9.51. The van der Waals surface area contributed by atoms with Gasteiger partial charge in [-0.1, -0.05) is 49.4 Å². The number of anilines is 2. The van der Waals surface area contributed by atoms with Gasteiger partial charge in [-0.2, -0.15) is 0 Å². The van der Waals surface area contributed by atoms with E-state index in [1.54, 1.807) is 0 Å². The minimum Gasteiger partial charge on any atom is -0.394 e. The number of rotatable bonds is 6. The first-order chi connectivity index (χ1) is 13.2. The molecule has 144 valence electrons. The predicted molar refractivity (Wildman–Crippen MR) is 109 cm³/mol. The number of urea groups is 1. The molecule has 6 nitrogen and oxygen atoms in total. The van der Waals surface area contributed by atoms with Crippen LogP contribution in [0.15, 0.2) is 54.6 Å². The Balaban J connectivity index is 1.66. The number of amides is 2. The lowest BCUT2D eigenvalue weighted by Crippen LogP contribution is -2.46. The van der Waals surface area contributed by atoms with Crippen LogP contribution in [0.4, 0.5) is 16.2 Å². The number of nitrogens with one attached hydrogen (secondary N) is 2. The number of aliphatic hydroxyl groups is 1. The molecular weight excluding hydrogens is 340 g/mol. The van der Waals surface area contributed by atoms with E-state index < -0.39 is 6.04 Å². The van der Waals surface area contributed by atoms with Crippen molar-refractivity contribution in [3.8, 4) is 0 Å². The molecule has 1 saturated heterocycles. The van der Waals surface area contributed by atoms with Crippen molar-refractivity contribution in [1.82, 2.24) is 10.2 Å². The highest BCUT2D eigenvalue weighted by Gasteiger charge is 2.19. The van der Waals surface area contributed by atoms with Crippen LogP contribution < -0.4 is 15.5 Å². The predicted octanol–water partition coefficient (Wildman–Crippen LogP) is 2.68. The van der Waals surface area contributed by atoms with Crippen LogP contribution in [0.2, 0.25) is 0 Å². The van der Waals surface area contributed by atoms with Crippen LogP contribution in [-0.2, 0) is 0 Å². The topological polar surface area (TPSA) is 67.8 Å². The van der Waals surface area contributed by atoms with Crippen molar-refractivity contribution in [1.29, 1.82) is 0 Å². The van der Waals surface area contributed by atoms with Crippen molar-refractivity contribution >= 4 is 17.4 Å². The van der Waals surface area contributed by atoms with E-state index in [0.717, 1.165) is 49.7 Å². The van der Waals surface area contributed by atoms with Crippen LogP contribution in [0.3, 0.4) is 0 Å². The summed E-state index contributed by atoms with van der Waals surface area (Å²) in [5.41, 5.74) is 2.69. The number of hydrogen-bond acceptors (Lipinski definition) is 4. The molecule has 0 bridgehead atoms. The number of carbonyl (C=O) groups is 1. The number of piperazine rings is 1. The zero-order valence-electron chi connectivity index (χ0n) is 15.8. The van der Waals surface area contributed by atoms with E-state index in [1.165, 1.54) is 0 Å². The van der Waals surface area contributed by atoms with Crippen LogP contribution in [0.1, 0.15) is 18.5 Å². The summed E-state index contributed by atoms with van der Waals surface area (Å²) in [6.45, 7) is 7.03. The molecule has 3 rings (SSSR count). The van der Waals surface area contributed by atoms with Crippen molar-refractivity contribution in [3.05, 3.63) is 60.2 Å². The Bertz CT molecular complexity index is 730. The molecule has 0 aromatic heterocycles. The average Bonchev–Trinajstić information content (AvgIpc) is 2.73. The standard InChI is InChI=1S/C21H28N4O2/c1-2-24-12-14-25(15-13-24)20-11-7-6-10-18(20)22-21(27)23-19(16-26)17-8-4-3-5-9-17/h3-11,19,26H,2,12-16H2,1H3,(H2,22,23,27). The molecule has 27 heavy (non-hydrogen) atoms. The van der Waals surface area contributed by atoms with Crippen molar-refractivity contribution < 1.29 is 9.90 Å². The number of aliphatic hydroxyl groups excluding tert-OH is 1. The maximum atomic E-state index is 12.5. The molecule has 2 aromatic carbocycles. The van der Waals surface area contributed by atoms with E-state index in [1.807, 2.05) is 54.6 Å². The first-order valence-electron chi connectivity index (χ1n) is 9.51. The van der Waals surface area contributed by atoms with Crippen molar-refractivity contribution in [2.75, 3.05) is 49.5 Å². The largest absolute Gasteiger partial charge is 0.394 e. The Morgan fingerprint density at radius 3 is 2.37 bits per heavy atom. The molecule has 1 atom stereocenters. The number of hydrogen-bond donors (Lipinski definition) is 3.